The molecule has 36 heavy (non-hydrogen) atoms. The van der Waals surface area contributed by atoms with Crippen LogP contribution in [0.25, 0.3) is 0 Å². The number of nitrogens with zero attached hydrogens (tertiary/aromatic N) is 2. The van der Waals surface area contributed by atoms with E-state index in [0.717, 1.165) is 55.9 Å². The van der Waals surface area contributed by atoms with Crippen molar-refractivity contribution < 1.29 is 4.79 Å². The minimum Gasteiger partial charge on any atom is -0.353 e. The lowest BCUT2D eigenvalue weighted by Crippen LogP contribution is -2.48. The minimum absolute atomic E-state index is 0. The number of pyridine rings is 1. The number of piperidine rings is 1. The monoisotopic (exact) mass is 543 g/mol. The Kier molecular flexibility index (Phi) is 8.31. The second-order valence-electron chi connectivity index (χ2n) is 10.1. The van der Waals surface area contributed by atoms with E-state index in [2.05, 4.69) is 51.6 Å². The molecule has 1 aromatic heterocycles. The molecule has 6 rings (SSSR count). The first kappa shape index (κ1) is 26.9. The number of fused-ring (bicyclic) bond motifs is 8. The summed E-state index contributed by atoms with van der Waals surface area (Å²) < 4.78 is 0. The number of likely N-dealkylation sites (tertiary alicyclic amines) is 1. The van der Waals surface area contributed by atoms with Gasteiger partial charge in [0.15, 0.2) is 0 Å². The molecule has 7 heteroatoms. The number of amides is 1. The molecule has 1 aliphatic heterocycles. The quantitative estimate of drug-likeness (QED) is 0.418. The number of aromatic nitrogens is 1. The number of halogens is 3. The van der Waals surface area contributed by atoms with E-state index in [1.54, 1.807) is 6.20 Å². The maximum atomic E-state index is 12.5. The summed E-state index contributed by atoms with van der Waals surface area (Å²) >= 11 is 6.47. The molecule has 3 aromatic rings. The van der Waals surface area contributed by atoms with Gasteiger partial charge in [0, 0.05) is 60.8 Å². The molecular formula is C29H32Cl3N3O. The van der Waals surface area contributed by atoms with Crippen molar-refractivity contribution in [2.75, 3.05) is 19.6 Å². The number of hydrogen-bond donors (Lipinski definition) is 1. The van der Waals surface area contributed by atoms with Crippen molar-refractivity contribution in [1.82, 2.24) is 15.2 Å². The van der Waals surface area contributed by atoms with Gasteiger partial charge in [-0.3, -0.25) is 9.78 Å². The molecular weight excluding hydrogens is 513 g/mol. The van der Waals surface area contributed by atoms with Gasteiger partial charge in [0.05, 0.1) is 0 Å². The summed E-state index contributed by atoms with van der Waals surface area (Å²) in [6.45, 7) is 3.05. The van der Waals surface area contributed by atoms with E-state index >= 15 is 0 Å². The summed E-state index contributed by atoms with van der Waals surface area (Å²) in [5.41, 5.74) is 7.00. The van der Waals surface area contributed by atoms with Crippen molar-refractivity contribution >= 4 is 42.3 Å². The summed E-state index contributed by atoms with van der Waals surface area (Å²) in [4.78, 5) is 19.2. The molecule has 1 amide bonds. The van der Waals surface area contributed by atoms with Crippen molar-refractivity contribution in [2.24, 2.45) is 0 Å². The maximum absolute atomic E-state index is 12.5. The first-order chi connectivity index (χ1) is 16.6. The van der Waals surface area contributed by atoms with E-state index in [1.165, 1.54) is 22.3 Å². The molecule has 2 aliphatic carbocycles. The number of carbonyl (C=O) groups is 1. The van der Waals surface area contributed by atoms with Gasteiger partial charge < -0.3 is 10.2 Å². The average Bonchev–Trinajstić information content (AvgIpc) is 3.36. The van der Waals surface area contributed by atoms with Gasteiger partial charge >= 0.3 is 0 Å². The zero-order valence-electron chi connectivity index (χ0n) is 20.2. The minimum atomic E-state index is 0. The highest BCUT2D eigenvalue weighted by molar-refractivity contribution is 6.30. The van der Waals surface area contributed by atoms with Crippen LogP contribution in [0.4, 0.5) is 0 Å². The predicted molar refractivity (Wildman–Crippen MR) is 150 cm³/mol. The number of aryl methyl sites for hydroxylation is 1. The maximum Gasteiger partial charge on any atom is 0.220 e. The largest absolute Gasteiger partial charge is 0.353 e. The Labute approximate surface area is 230 Å². The molecule has 1 N–H and O–H groups in total. The summed E-state index contributed by atoms with van der Waals surface area (Å²) in [6, 6.07) is 19.7. The third-order valence-corrected chi connectivity index (χ3v) is 8.36. The van der Waals surface area contributed by atoms with Crippen molar-refractivity contribution in [3.05, 3.63) is 99.8 Å². The van der Waals surface area contributed by atoms with E-state index in [4.69, 9.17) is 11.6 Å². The smallest absolute Gasteiger partial charge is 0.220 e. The van der Waals surface area contributed by atoms with E-state index in [0.29, 0.717) is 12.3 Å². The van der Waals surface area contributed by atoms with Crippen LogP contribution in [0.5, 0.6) is 0 Å². The van der Waals surface area contributed by atoms with Gasteiger partial charge in [0.25, 0.3) is 0 Å². The highest BCUT2D eigenvalue weighted by Crippen LogP contribution is 2.60. The molecule has 0 radical (unpaired) electrons. The number of nitrogens with one attached hydrogen (secondary N) is 1. The third-order valence-electron chi connectivity index (χ3n) is 8.12. The topological polar surface area (TPSA) is 45.2 Å². The predicted octanol–water partition coefficient (Wildman–Crippen LogP) is 5.93. The van der Waals surface area contributed by atoms with Crippen molar-refractivity contribution in [1.29, 1.82) is 0 Å². The van der Waals surface area contributed by atoms with Crippen molar-refractivity contribution in [3.8, 4) is 0 Å². The number of hydrogen-bond acceptors (Lipinski definition) is 3. The zero-order chi connectivity index (χ0) is 23.1. The Morgan fingerprint density at radius 2 is 1.81 bits per heavy atom. The summed E-state index contributed by atoms with van der Waals surface area (Å²) in [5.74, 6) is 0.632. The fourth-order valence-corrected chi connectivity index (χ4v) is 6.71. The van der Waals surface area contributed by atoms with Crippen LogP contribution in [0.1, 0.15) is 59.4 Å². The molecule has 2 atom stereocenters. The SMILES string of the molecule is Cl.Cl.O=C(CCc1cccnc1)NC1CCN(CC23CC(c4ccccc42)c2ccc(Cl)cc23)CC1. The van der Waals surface area contributed by atoms with Crippen LogP contribution in [0.15, 0.2) is 67.0 Å². The number of benzene rings is 2. The van der Waals surface area contributed by atoms with Gasteiger partial charge in [-0.1, -0.05) is 48.0 Å². The van der Waals surface area contributed by atoms with Crippen LogP contribution >= 0.6 is 36.4 Å². The molecule has 0 spiro atoms. The van der Waals surface area contributed by atoms with E-state index in [1.807, 2.05) is 24.4 Å². The Morgan fingerprint density at radius 3 is 2.58 bits per heavy atom. The first-order valence-electron chi connectivity index (χ1n) is 12.4. The van der Waals surface area contributed by atoms with Crippen LogP contribution < -0.4 is 5.32 Å². The fourth-order valence-electron chi connectivity index (χ4n) is 6.54. The second kappa shape index (κ2) is 11.1. The highest BCUT2D eigenvalue weighted by atomic mass is 35.5. The molecule has 1 saturated heterocycles. The third kappa shape index (κ3) is 4.89. The van der Waals surface area contributed by atoms with Crippen LogP contribution in [0, 0.1) is 0 Å². The van der Waals surface area contributed by atoms with Crippen LogP contribution in [0.2, 0.25) is 5.02 Å². The number of carbonyl (C=O) groups excluding carboxylic acids is 1. The van der Waals surface area contributed by atoms with Gasteiger partial charge in [-0.25, -0.2) is 0 Å². The number of rotatable bonds is 6. The van der Waals surface area contributed by atoms with E-state index < -0.39 is 0 Å². The Morgan fingerprint density at radius 1 is 1.03 bits per heavy atom. The second-order valence-corrected chi connectivity index (χ2v) is 10.6. The Bertz CT molecular complexity index is 1210. The lowest BCUT2D eigenvalue weighted by molar-refractivity contribution is -0.122. The van der Waals surface area contributed by atoms with Crippen molar-refractivity contribution in [3.63, 3.8) is 0 Å². The van der Waals surface area contributed by atoms with E-state index in [9.17, 15) is 4.79 Å². The Hall–Kier alpha value is -2.11. The van der Waals surface area contributed by atoms with Crippen LogP contribution in [-0.4, -0.2) is 41.5 Å². The first-order valence-corrected chi connectivity index (χ1v) is 12.8. The summed E-state index contributed by atoms with van der Waals surface area (Å²) in [7, 11) is 0. The zero-order valence-corrected chi connectivity index (χ0v) is 22.5. The van der Waals surface area contributed by atoms with Crippen molar-refractivity contribution in [2.45, 2.75) is 49.5 Å². The highest BCUT2D eigenvalue weighted by Gasteiger charge is 2.53. The Balaban J connectivity index is 0.00000152. The molecule has 4 nitrogen and oxygen atoms in total. The molecule has 2 unspecified atom stereocenters. The lowest BCUT2D eigenvalue weighted by Gasteiger charge is -2.40. The molecule has 2 aromatic carbocycles. The molecule has 190 valence electrons. The van der Waals surface area contributed by atoms with Crippen LogP contribution in [-0.2, 0) is 16.6 Å². The molecule has 3 aliphatic rings. The molecule has 1 fully saturated rings. The van der Waals surface area contributed by atoms with Crippen LogP contribution in [0.3, 0.4) is 0 Å². The standard InChI is InChI=1S/C29H30ClN3O.2ClH/c30-21-8-9-24-25-17-29(27(24)16-21,26-6-2-1-5-23(25)26)19-33-14-11-22(12-15-33)32-28(34)10-7-20-4-3-13-31-18-20;;/h1-6,8-9,13,16,18,22,25H,7,10-12,14-15,17,19H2,(H,32,34);2*1H. The summed E-state index contributed by atoms with van der Waals surface area (Å²) in [6.07, 6.45) is 8.01. The molecule has 2 heterocycles. The van der Waals surface area contributed by atoms with Gasteiger partial charge in [-0.15, -0.1) is 24.8 Å². The average molecular weight is 545 g/mol. The van der Waals surface area contributed by atoms with Gasteiger partial charge in [0.1, 0.15) is 0 Å². The van der Waals surface area contributed by atoms with Gasteiger partial charge in [-0.2, -0.15) is 0 Å². The van der Waals surface area contributed by atoms with E-state index in [-0.39, 0.29) is 42.2 Å². The fraction of sp³-hybridized carbons (Fsp3) is 0.379. The lowest BCUT2D eigenvalue weighted by atomic mass is 9.74. The molecule has 0 saturated carbocycles. The summed E-state index contributed by atoms with van der Waals surface area (Å²) in [5, 5.41) is 4.10. The van der Waals surface area contributed by atoms with Gasteiger partial charge in [0.2, 0.25) is 5.91 Å². The normalized spacial score (nSPS) is 22.2. The van der Waals surface area contributed by atoms with Gasteiger partial charge in [-0.05, 0) is 71.7 Å². The molecule has 2 bridgehead atoms.